The monoisotopic (exact) mass is 361 g/mol. The summed E-state index contributed by atoms with van der Waals surface area (Å²) in [6, 6.07) is 13.5. The molecule has 2 rings (SSSR count). The number of nitrogens with two attached hydrogens (primary N) is 1. The second-order valence-corrected chi connectivity index (χ2v) is 7.33. The van der Waals surface area contributed by atoms with Gasteiger partial charge in [-0.15, -0.1) is 0 Å². The Hall–Kier alpha value is -2.87. The average molecular weight is 361 g/mol. The number of hydrogen-bond donors (Lipinski definition) is 2. The van der Waals surface area contributed by atoms with Gasteiger partial charge >= 0.3 is 0 Å². The molecule has 2 aromatic carbocycles. The maximum atomic E-state index is 12.6. The van der Waals surface area contributed by atoms with Crippen LogP contribution in [-0.2, 0) is 14.8 Å². The summed E-state index contributed by atoms with van der Waals surface area (Å²) in [5, 5.41) is 2.57. The maximum Gasteiger partial charge on any atom is 0.250 e. The van der Waals surface area contributed by atoms with Crippen molar-refractivity contribution < 1.29 is 18.0 Å². The molecule has 3 N–H and O–H groups in total. The van der Waals surface area contributed by atoms with Crippen LogP contribution in [0.5, 0.6) is 0 Å². The fraction of sp³-hybridized carbons (Fsp3) is 0.176. The minimum absolute atomic E-state index is 0.147. The fourth-order valence-corrected chi connectivity index (χ4v) is 3.60. The number of anilines is 2. The summed E-state index contributed by atoms with van der Waals surface area (Å²) in [6.07, 6.45) is 1.03. The van der Waals surface area contributed by atoms with Crippen LogP contribution in [0, 0.1) is 0 Å². The average Bonchev–Trinajstić information content (AvgIpc) is 2.55. The van der Waals surface area contributed by atoms with Gasteiger partial charge in [0.25, 0.3) is 5.91 Å². The third kappa shape index (κ3) is 4.36. The zero-order chi connectivity index (χ0) is 18.6. The summed E-state index contributed by atoms with van der Waals surface area (Å²) in [5.41, 5.74) is 6.04. The molecular weight excluding hydrogens is 342 g/mol. The van der Waals surface area contributed by atoms with Crippen LogP contribution < -0.4 is 15.4 Å². The minimum atomic E-state index is -3.70. The highest BCUT2D eigenvalue weighted by Gasteiger charge is 2.29. The predicted octanol–water partition coefficient (Wildman–Crippen LogP) is 1.58. The first-order chi connectivity index (χ1) is 11.7. The Kier molecular flexibility index (Phi) is 5.43. The van der Waals surface area contributed by atoms with Gasteiger partial charge in [0.1, 0.15) is 6.04 Å². The third-order valence-corrected chi connectivity index (χ3v) is 4.79. The number of hydrogen-bond acceptors (Lipinski definition) is 4. The molecule has 0 aliphatic rings. The smallest absolute Gasteiger partial charge is 0.250 e. The van der Waals surface area contributed by atoms with Crippen molar-refractivity contribution in [2.45, 2.75) is 13.0 Å². The van der Waals surface area contributed by atoms with Crippen molar-refractivity contribution in [3.8, 4) is 0 Å². The molecule has 0 aromatic heterocycles. The molecule has 25 heavy (non-hydrogen) atoms. The SMILES string of the molecule is C[C@@H](C(=O)Nc1ccccc1C(N)=O)N(c1ccccc1)S(C)(=O)=O. The highest BCUT2D eigenvalue weighted by atomic mass is 32.2. The van der Waals surface area contributed by atoms with Crippen molar-refractivity contribution in [2.75, 3.05) is 15.9 Å². The molecule has 2 amide bonds. The van der Waals surface area contributed by atoms with Gasteiger partial charge in [0.05, 0.1) is 23.2 Å². The zero-order valence-corrected chi connectivity index (χ0v) is 14.7. The molecule has 8 heteroatoms. The van der Waals surface area contributed by atoms with Gasteiger partial charge in [-0.2, -0.15) is 0 Å². The Balaban J connectivity index is 2.33. The van der Waals surface area contributed by atoms with E-state index in [1.165, 1.54) is 19.1 Å². The molecule has 0 fully saturated rings. The first kappa shape index (κ1) is 18.5. The number of nitrogens with zero attached hydrogens (tertiary/aromatic N) is 1. The molecule has 0 heterocycles. The summed E-state index contributed by atoms with van der Waals surface area (Å²) in [4.78, 5) is 24.0. The van der Waals surface area contributed by atoms with Crippen LogP contribution in [0.25, 0.3) is 0 Å². The summed E-state index contributed by atoms with van der Waals surface area (Å²) in [5.74, 6) is -1.27. The van der Waals surface area contributed by atoms with Crippen LogP contribution in [0.15, 0.2) is 54.6 Å². The van der Waals surface area contributed by atoms with Gasteiger partial charge in [-0.3, -0.25) is 13.9 Å². The van der Waals surface area contributed by atoms with Crippen LogP contribution >= 0.6 is 0 Å². The molecule has 0 radical (unpaired) electrons. The van der Waals surface area contributed by atoms with Gasteiger partial charge in [-0.1, -0.05) is 30.3 Å². The standard InChI is InChI=1S/C17H19N3O4S/c1-12(20(25(2,23)24)13-8-4-3-5-9-13)17(22)19-15-11-7-6-10-14(15)16(18)21/h3-12H,1-2H3,(H2,18,21)(H,19,22)/t12-/m0/s1. The Morgan fingerprint density at radius 2 is 1.60 bits per heavy atom. The Labute approximate surface area is 146 Å². The molecule has 0 aliphatic heterocycles. The molecule has 0 aliphatic carbocycles. The van der Waals surface area contributed by atoms with E-state index in [4.69, 9.17) is 5.73 Å². The molecule has 7 nitrogen and oxygen atoms in total. The van der Waals surface area contributed by atoms with Crippen LogP contribution in [0.2, 0.25) is 0 Å². The minimum Gasteiger partial charge on any atom is -0.366 e. The van der Waals surface area contributed by atoms with E-state index in [0.29, 0.717) is 5.69 Å². The van der Waals surface area contributed by atoms with Crippen LogP contribution in [0.3, 0.4) is 0 Å². The lowest BCUT2D eigenvalue weighted by atomic mass is 10.1. The highest BCUT2D eigenvalue weighted by Crippen LogP contribution is 2.22. The molecule has 132 valence electrons. The van der Waals surface area contributed by atoms with Crippen LogP contribution in [-0.4, -0.2) is 32.5 Å². The number of carbonyl (C=O) groups is 2. The number of amides is 2. The molecular formula is C17H19N3O4S. The van der Waals surface area contributed by atoms with Gasteiger partial charge in [0, 0.05) is 0 Å². The second-order valence-electron chi connectivity index (χ2n) is 5.47. The number of carbonyl (C=O) groups excluding carboxylic acids is 2. The first-order valence-electron chi connectivity index (χ1n) is 7.46. The second kappa shape index (κ2) is 7.35. The van der Waals surface area contributed by atoms with Gasteiger partial charge < -0.3 is 11.1 Å². The Morgan fingerprint density at radius 3 is 2.16 bits per heavy atom. The summed E-state index contributed by atoms with van der Waals surface area (Å²) >= 11 is 0. The van der Waals surface area contributed by atoms with Crippen molar-refractivity contribution in [2.24, 2.45) is 5.73 Å². The molecule has 0 unspecified atom stereocenters. The first-order valence-corrected chi connectivity index (χ1v) is 9.31. The van der Waals surface area contributed by atoms with Crippen LogP contribution in [0.4, 0.5) is 11.4 Å². The van der Waals surface area contributed by atoms with Crippen LogP contribution in [0.1, 0.15) is 17.3 Å². The number of benzene rings is 2. The van der Waals surface area contributed by atoms with Crippen molar-refractivity contribution in [1.82, 2.24) is 0 Å². The molecule has 2 aromatic rings. The predicted molar refractivity (Wildman–Crippen MR) is 96.8 cm³/mol. The van der Waals surface area contributed by atoms with Crippen molar-refractivity contribution in [1.29, 1.82) is 0 Å². The summed E-state index contributed by atoms with van der Waals surface area (Å²) < 4.78 is 25.4. The lowest BCUT2D eigenvalue weighted by molar-refractivity contribution is -0.116. The van der Waals surface area contributed by atoms with E-state index >= 15 is 0 Å². The summed E-state index contributed by atoms with van der Waals surface area (Å²) in [6.45, 7) is 1.47. The van der Waals surface area contributed by atoms with Gasteiger partial charge in [-0.05, 0) is 31.2 Å². The molecule has 1 atom stereocenters. The molecule has 0 saturated carbocycles. The highest BCUT2D eigenvalue weighted by molar-refractivity contribution is 7.92. The van der Waals surface area contributed by atoms with E-state index in [1.807, 2.05) is 0 Å². The third-order valence-electron chi connectivity index (χ3n) is 3.55. The topological polar surface area (TPSA) is 110 Å². The van der Waals surface area contributed by atoms with E-state index in [1.54, 1.807) is 42.5 Å². The largest absolute Gasteiger partial charge is 0.366 e. The lowest BCUT2D eigenvalue weighted by Crippen LogP contribution is -2.45. The van der Waals surface area contributed by atoms with E-state index in [-0.39, 0.29) is 11.3 Å². The van der Waals surface area contributed by atoms with E-state index in [2.05, 4.69) is 5.32 Å². The number of sulfonamides is 1. The molecule has 0 saturated heterocycles. The number of primary amides is 1. The molecule has 0 bridgehead atoms. The van der Waals surface area contributed by atoms with Gasteiger partial charge in [0.15, 0.2) is 0 Å². The van der Waals surface area contributed by atoms with E-state index in [9.17, 15) is 18.0 Å². The molecule has 0 spiro atoms. The number of nitrogens with one attached hydrogen (secondary N) is 1. The van der Waals surface area contributed by atoms with Gasteiger partial charge in [0.2, 0.25) is 15.9 Å². The van der Waals surface area contributed by atoms with Crippen molar-refractivity contribution in [3.05, 3.63) is 60.2 Å². The van der Waals surface area contributed by atoms with Crippen molar-refractivity contribution in [3.63, 3.8) is 0 Å². The lowest BCUT2D eigenvalue weighted by Gasteiger charge is -2.28. The van der Waals surface area contributed by atoms with Crippen molar-refractivity contribution >= 4 is 33.2 Å². The fourth-order valence-electron chi connectivity index (χ4n) is 2.43. The normalized spacial score (nSPS) is 12.2. The zero-order valence-electron chi connectivity index (χ0n) is 13.8. The van der Waals surface area contributed by atoms with Gasteiger partial charge in [-0.25, -0.2) is 8.42 Å². The Morgan fingerprint density at radius 1 is 1.04 bits per heavy atom. The van der Waals surface area contributed by atoms with E-state index in [0.717, 1.165) is 10.6 Å². The van der Waals surface area contributed by atoms with E-state index < -0.39 is 27.9 Å². The maximum absolute atomic E-state index is 12.6. The number of rotatable bonds is 6. The summed E-state index contributed by atoms with van der Waals surface area (Å²) in [7, 11) is -3.70. The number of para-hydroxylation sites is 2. The quantitative estimate of drug-likeness (QED) is 0.814. The Bertz CT molecular complexity index is 882.